The summed E-state index contributed by atoms with van der Waals surface area (Å²) < 4.78 is 0. The Kier molecular flexibility index (Phi) is 5.92. The Morgan fingerprint density at radius 2 is 1.80 bits per heavy atom. The van der Waals surface area contributed by atoms with Crippen molar-refractivity contribution in [2.45, 2.75) is 6.54 Å². The van der Waals surface area contributed by atoms with Crippen LogP contribution in [0.3, 0.4) is 0 Å². The van der Waals surface area contributed by atoms with E-state index < -0.39 is 0 Å². The van der Waals surface area contributed by atoms with E-state index in [0.717, 1.165) is 38.3 Å². The first kappa shape index (κ1) is 17.3. The first-order valence-corrected chi connectivity index (χ1v) is 8.66. The van der Waals surface area contributed by atoms with Crippen molar-refractivity contribution in [3.05, 3.63) is 59.9 Å². The van der Waals surface area contributed by atoms with Crippen molar-refractivity contribution in [2.75, 3.05) is 31.1 Å². The first-order valence-electron chi connectivity index (χ1n) is 8.25. The van der Waals surface area contributed by atoms with Gasteiger partial charge < -0.3 is 10.6 Å². The number of hydrogen-bond donors (Lipinski definition) is 2. The van der Waals surface area contributed by atoms with Gasteiger partial charge in [-0.05, 0) is 47.6 Å². The summed E-state index contributed by atoms with van der Waals surface area (Å²) in [6.07, 6.45) is 5.41. The minimum Gasteiger partial charge on any atom is -0.375 e. The first-order chi connectivity index (χ1) is 12.2. The molecule has 0 radical (unpaired) electrons. The molecule has 1 aromatic carbocycles. The Hall–Kier alpha value is -2.51. The second-order valence-electron chi connectivity index (χ2n) is 5.94. The van der Waals surface area contributed by atoms with Crippen molar-refractivity contribution < 1.29 is 0 Å². The average Bonchev–Trinajstić information content (AvgIpc) is 2.64. The molecule has 0 atom stereocenters. The Balaban J connectivity index is 1.51. The molecule has 1 fully saturated rings. The molecule has 130 valence electrons. The van der Waals surface area contributed by atoms with Crippen molar-refractivity contribution in [1.29, 1.82) is 0 Å². The molecule has 2 heterocycles. The van der Waals surface area contributed by atoms with Gasteiger partial charge in [-0.3, -0.25) is 15.3 Å². The van der Waals surface area contributed by atoms with Crippen LogP contribution in [-0.4, -0.2) is 47.4 Å². The van der Waals surface area contributed by atoms with Crippen LogP contribution in [-0.2, 0) is 6.54 Å². The number of nitrogens with two attached hydrogens (primary N) is 1. The zero-order chi connectivity index (χ0) is 17.5. The SMILES string of the molecule is NC(=S)N/N=C/c1ccc(N2CCN(Cc3ccncc3)CC2)cc1. The van der Waals surface area contributed by atoms with Crippen molar-refractivity contribution >= 4 is 29.2 Å². The molecule has 0 unspecified atom stereocenters. The monoisotopic (exact) mass is 354 g/mol. The van der Waals surface area contributed by atoms with Crippen LogP contribution in [0.25, 0.3) is 0 Å². The summed E-state index contributed by atoms with van der Waals surface area (Å²) in [7, 11) is 0. The van der Waals surface area contributed by atoms with Gasteiger partial charge in [0.25, 0.3) is 0 Å². The largest absolute Gasteiger partial charge is 0.375 e. The number of thiocarbonyl (C=S) groups is 1. The van der Waals surface area contributed by atoms with Crippen LogP contribution >= 0.6 is 12.2 Å². The predicted octanol–water partition coefficient (Wildman–Crippen LogP) is 1.57. The molecular weight excluding hydrogens is 332 g/mol. The fraction of sp³-hybridized carbons (Fsp3) is 0.278. The van der Waals surface area contributed by atoms with Crippen molar-refractivity contribution in [3.63, 3.8) is 0 Å². The quantitative estimate of drug-likeness (QED) is 0.483. The number of anilines is 1. The Morgan fingerprint density at radius 3 is 2.44 bits per heavy atom. The number of benzene rings is 1. The Bertz CT molecular complexity index is 708. The van der Waals surface area contributed by atoms with Gasteiger partial charge in [0.2, 0.25) is 0 Å². The number of nitrogens with one attached hydrogen (secondary N) is 1. The van der Waals surface area contributed by atoms with E-state index in [9.17, 15) is 0 Å². The summed E-state index contributed by atoms with van der Waals surface area (Å²) in [4.78, 5) is 8.97. The second-order valence-corrected chi connectivity index (χ2v) is 6.38. The summed E-state index contributed by atoms with van der Waals surface area (Å²) in [5.41, 5.74) is 11.4. The van der Waals surface area contributed by atoms with Crippen LogP contribution < -0.4 is 16.1 Å². The smallest absolute Gasteiger partial charge is 0.184 e. The van der Waals surface area contributed by atoms with E-state index >= 15 is 0 Å². The molecule has 3 rings (SSSR count). The van der Waals surface area contributed by atoms with Gasteiger partial charge in [0.1, 0.15) is 0 Å². The van der Waals surface area contributed by atoms with Gasteiger partial charge in [-0.25, -0.2) is 0 Å². The molecule has 1 aliphatic heterocycles. The number of nitrogens with zero attached hydrogens (tertiary/aromatic N) is 4. The summed E-state index contributed by atoms with van der Waals surface area (Å²) in [5, 5.41) is 4.13. The van der Waals surface area contributed by atoms with Gasteiger partial charge in [-0.2, -0.15) is 5.10 Å². The zero-order valence-corrected chi connectivity index (χ0v) is 14.8. The lowest BCUT2D eigenvalue weighted by Gasteiger charge is -2.36. The lowest BCUT2D eigenvalue weighted by molar-refractivity contribution is 0.250. The highest BCUT2D eigenvalue weighted by molar-refractivity contribution is 7.80. The van der Waals surface area contributed by atoms with E-state index in [1.807, 2.05) is 24.5 Å². The maximum absolute atomic E-state index is 5.33. The molecule has 0 aliphatic carbocycles. The number of pyridine rings is 1. The molecule has 25 heavy (non-hydrogen) atoms. The molecule has 6 nitrogen and oxygen atoms in total. The lowest BCUT2D eigenvalue weighted by atomic mass is 10.2. The number of hydrogen-bond acceptors (Lipinski definition) is 5. The highest BCUT2D eigenvalue weighted by atomic mass is 32.1. The molecule has 0 amide bonds. The minimum absolute atomic E-state index is 0.164. The third-order valence-electron chi connectivity index (χ3n) is 4.17. The van der Waals surface area contributed by atoms with Crippen molar-refractivity contribution in [3.8, 4) is 0 Å². The van der Waals surface area contributed by atoms with Crippen LogP contribution in [0.4, 0.5) is 5.69 Å². The van der Waals surface area contributed by atoms with Gasteiger partial charge in [0, 0.05) is 50.8 Å². The van der Waals surface area contributed by atoms with Gasteiger partial charge in [0.15, 0.2) is 5.11 Å². The normalized spacial score (nSPS) is 15.4. The van der Waals surface area contributed by atoms with E-state index in [2.05, 4.69) is 49.6 Å². The third kappa shape index (κ3) is 5.23. The van der Waals surface area contributed by atoms with Gasteiger partial charge in [0.05, 0.1) is 6.21 Å². The summed E-state index contributed by atoms with van der Waals surface area (Å²) in [5.74, 6) is 0. The average molecular weight is 354 g/mol. The zero-order valence-electron chi connectivity index (χ0n) is 14.0. The Morgan fingerprint density at radius 1 is 1.12 bits per heavy atom. The Labute approximate surface area is 153 Å². The van der Waals surface area contributed by atoms with E-state index in [4.69, 9.17) is 18.0 Å². The fourth-order valence-electron chi connectivity index (χ4n) is 2.85. The van der Waals surface area contributed by atoms with Crippen LogP contribution in [0, 0.1) is 0 Å². The van der Waals surface area contributed by atoms with Crippen molar-refractivity contribution in [2.24, 2.45) is 10.8 Å². The van der Waals surface area contributed by atoms with E-state index in [1.165, 1.54) is 11.3 Å². The van der Waals surface area contributed by atoms with Crippen LogP contribution in [0.5, 0.6) is 0 Å². The standard InChI is InChI=1S/C18H22N6S/c19-18(25)22-21-13-15-1-3-17(4-2-15)24-11-9-23(10-12-24)14-16-5-7-20-8-6-16/h1-8,13H,9-12,14H2,(H3,19,22,25)/b21-13+. The topological polar surface area (TPSA) is 69.8 Å². The summed E-state index contributed by atoms with van der Waals surface area (Å²) >= 11 is 4.71. The third-order valence-corrected chi connectivity index (χ3v) is 4.27. The van der Waals surface area contributed by atoms with Gasteiger partial charge >= 0.3 is 0 Å². The maximum atomic E-state index is 5.33. The van der Waals surface area contributed by atoms with E-state index in [1.54, 1.807) is 6.21 Å². The molecule has 3 N–H and O–H groups in total. The molecule has 0 saturated carbocycles. The molecule has 0 spiro atoms. The molecule has 1 saturated heterocycles. The predicted molar refractivity (Wildman–Crippen MR) is 106 cm³/mol. The van der Waals surface area contributed by atoms with E-state index in [-0.39, 0.29) is 5.11 Å². The van der Waals surface area contributed by atoms with E-state index in [0.29, 0.717) is 0 Å². The molecule has 1 aromatic heterocycles. The maximum Gasteiger partial charge on any atom is 0.184 e. The fourth-order valence-corrected chi connectivity index (χ4v) is 2.90. The minimum atomic E-state index is 0.164. The lowest BCUT2D eigenvalue weighted by Crippen LogP contribution is -2.45. The van der Waals surface area contributed by atoms with Gasteiger partial charge in [-0.15, -0.1) is 0 Å². The van der Waals surface area contributed by atoms with Gasteiger partial charge in [-0.1, -0.05) is 12.1 Å². The molecule has 7 heteroatoms. The summed E-state index contributed by atoms with van der Waals surface area (Å²) in [6, 6.07) is 12.5. The van der Waals surface area contributed by atoms with Crippen LogP contribution in [0.1, 0.15) is 11.1 Å². The number of rotatable bonds is 5. The highest BCUT2D eigenvalue weighted by Crippen LogP contribution is 2.17. The van der Waals surface area contributed by atoms with Crippen molar-refractivity contribution in [1.82, 2.24) is 15.3 Å². The molecule has 0 bridgehead atoms. The number of piperazine rings is 1. The van der Waals surface area contributed by atoms with Crippen LogP contribution in [0.2, 0.25) is 0 Å². The second kappa shape index (κ2) is 8.55. The summed E-state index contributed by atoms with van der Waals surface area (Å²) in [6.45, 7) is 5.16. The molecular formula is C18H22N6S. The highest BCUT2D eigenvalue weighted by Gasteiger charge is 2.17. The number of aromatic nitrogens is 1. The number of hydrazone groups is 1. The molecule has 1 aliphatic rings. The molecule has 2 aromatic rings. The van der Waals surface area contributed by atoms with Crippen LogP contribution in [0.15, 0.2) is 53.9 Å².